The molecular weight excluding hydrogens is 252 g/mol. The molecule has 2 aliphatic rings. The number of likely N-dealkylation sites (tertiary alicyclic amines) is 1. The summed E-state index contributed by atoms with van der Waals surface area (Å²) in [5.41, 5.74) is 0.526. The maximum absolute atomic E-state index is 12.9. The number of carbonyl (C=O) groups excluding carboxylic acids is 1. The van der Waals surface area contributed by atoms with Crippen molar-refractivity contribution in [2.75, 3.05) is 0 Å². The molecule has 1 aromatic rings. The number of amides is 1. The van der Waals surface area contributed by atoms with Gasteiger partial charge in [0.1, 0.15) is 5.76 Å². The first-order chi connectivity index (χ1) is 9.59. The van der Waals surface area contributed by atoms with Gasteiger partial charge in [0, 0.05) is 18.0 Å². The van der Waals surface area contributed by atoms with E-state index in [1.807, 2.05) is 13.8 Å². The van der Waals surface area contributed by atoms with E-state index in [0.29, 0.717) is 23.7 Å². The van der Waals surface area contributed by atoms with Crippen LogP contribution in [0.5, 0.6) is 0 Å². The average Bonchev–Trinajstić information content (AvgIpc) is 3.01. The van der Waals surface area contributed by atoms with E-state index in [1.54, 1.807) is 0 Å². The minimum atomic E-state index is 0.0735. The summed E-state index contributed by atoms with van der Waals surface area (Å²) in [6, 6.07) is 0.746. The molecule has 20 heavy (non-hydrogen) atoms. The Morgan fingerprint density at radius 2 is 2.15 bits per heavy atom. The number of aromatic nitrogens is 1. The molecule has 4 nitrogen and oxygen atoms in total. The summed E-state index contributed by atoms with van der Waals surface area (Å²) >= 11 is 0. The van der Waals surface area contributed by atoms with E-state index in [1.165, 1.54) is 25.7 Å². The largest absolute Gasteiger partial charge is 0.447 e. The SMILES string of the molecule is CC(C)c1ocnc1C(=O)N1C(C)CC2CCCCC21. The Kier molecular flexibility index (Phi) is 3.57. The molecule has 0 aromatic carbocycles. The Balaban J connectivity index is 1.87. The molecule has 1 aliphatic carbocycles. The van der Waals surface area contributed by atoms with Gasteiger partial charge in [-0.3, -0.25) is 4.79 Å². The van der Waals surface area contributed by atoms with Crippen LogP contribution in [0.15, 0.2) is 10.8 Å². The van der Waals surface area contributed by atoms with Crippen LogP contribution in [-0.4, -0.2) is 27.9 Å². The number of fused-ring (bicyclic) bond motifs is 1. The number of nitrogens with zero attached hydrogens (tertiary/aromatic N) is 2. The highest BCUT2D eigenvalue weighted by Crippen LogP contribution is 2.40. The lowest BCUT2D eigenvalue weighted by Gasteiger charge is -2.33. The van der Waals surface area contributed by atoms with Crippen LogP contribution in [0.4, 0.5) is 0 Å². The molecule has 0 radical (unpaired) electrons. The van der Waals surface area contributed by atoms with Crippen LogP contribution in [0.1, 0.15) is 75.0 Å². The van der Waals surface area contributed by atoms with Gasteiger partial charge in [-0.1, -0.05) is 26.7 Å². The Morgan fingerprint density at radius 1 is 1.40 bits per heavy atom. The van der Waals surface area contributed by atoms with Crippen molar-refractivity contribution in [3.05, 3.63) is 17.8 Å². The fourth-order valence-electron chi connectivity index (χ4n) is 4.01. The van der Waals surface area contributed by atoms with Gasteiger partial charge in [0.05, 0.1) is 0 Å². The molecule has 0 spiro atoms. The van der Waals surface area contributed by atoms with E-state index in [9.17, 15) is 4.79 Å². The van der Waals surface area contributed by atoms with E-state index in [0.717, 1.165) is 18.6 Å². The van der Waals surface area contributed by atoms with Crippen molar-refractivity contribution in [3.8, 4) is 0 Å². The van der Waals surface area contributed by atoms with E-state index in [2.05, 4.69) is 16.8 Å². The quantitative estimate of drug-likeness (QED) is 0.829. The van der Waals surface area contributed by atoms with Crippen LogP contribution in [0, 0.1) is 5.92 Å². The molecule has 1 aliphatic heterocycles. The number of hydrogen-bond donors (Lipinski definition) is 0. The van der Waals surface area contributed by atoms with Crippen molar-refractivity contribution < 1.29 is 9.21 Å². The summed E-state index contributed by atoms with van der Waals surface area (Å²) in [4.78, 5) is 19.2. The Morgan fingerprint density at radius 3 is 2.90 bits per heavy atom. The summed E-state index contributed by atoms with van der Waals surface area (Å²) in [6.07, 6.45) is 7.53. The predicted octanol–water partition coefficient (Wildman–Crippen LogP) is 3.59. The van der Waals surface area contributed by atoms with Crippen LogP contribution in [0.2, 0.25) is 0 Å². The molecule has 3 atom stereocenters. The third-order valence-electron chi connectivity index (χ3n) is 4.90. The summed E-state index contributed by atoms with van der Waals surface area (Å²) in [5.74, 6) is 1.68. The van der Waals surface area contributed by atoms with Crippen LogP contribution >= 0.6 is 0 Å². The van der Waals surface area contributed by atoms with Gasteiger partial charge in [-0.2, -0.15) is 0 Å². The van der Waals surface area contributed by atoms with E-state index < -0.39 is 0 Å². The van der Waals surface area contributed by atoms with Gasteiger partial charge in [0.25, 0.3) is 5.91 Å². The Labute approximate surface area is 120 Å². The monoisotopic (exact) mass is 276 g/mol. The second-order valence-corrected chi connectivity index (χ2v) is 6.63. The smallest absolute Gasteiger partial charge is 0.276 e. The van der Waals surface area contributed by atoms with Gasteiger partial charge >= 0.3 is 0 Å². The van der Waals surface area contributed by atoms with Crippen LogP contribution in [0.25, 0.3) is 0 Å². The van der Waals surface area contributed by atoms with Gasteiger partial charge in [0.2, 0.25) is 0 Å². The second kappa shape index (κ2) is 5.23. The Hall–Kier alpha value is -1.32. The number of oxazole rings is 1. The molecule has 1 saturated heterocycles. The molecule has 1 amide bonds. The normalized spacial score (nSPS) is 29.8. The van der Waals surface area contributed by atoms with E-state index >= 15 is 0 Å². The lowest BCUT2D eigenvalue weighted by molar-refractivity contribution is 0.0625. The lowest BCUT2D eigenvalue weighted by atomic mass is 9.85. The molecule has 1 aromatic heterocycles. The summed E-state index contributed by atoms with van der Waals surface area (Å²) in [6.45, 7) is 6.24. The highest BCUT2D eigenvalue weighted by Gasteiger charge is 2.43. The molecular formula is C16H24N2O2. The number of hydrogen-bond acceptors (Lipinski definition) is 3. The van der Waals surface area contributed by atoms with Crippen molar-refractivity contribution in [1.82, 2.24) is 9.88 Å². The third-order valence-corrected chi connectivity index (χ3v) is 4.90. The van der Waals surface area contributed by atoms with E-state index in [4.69, 9.17) is 4.42 Å². The van der Waals surface area contributed by atoms with Gasteiger partial charge in [-0.05, 0) is 32.1 Å². The van der Waals surface area contributed by atoms with Crippen LogP contribution < -0.4 is 0 Å². The van der Waals surface area contributed by atoms with Crippen molar-refractivity contribution in [2.45, 2.75) is 70.9 Å². The number of carbonyl (C=O) groups is 1. The minimum absolute atomic E-state index is 0.0735. The maximum Gasteiger partial charge on any atom is 0.276 e. The first kappa shape index (κ1) is 13.7. The maximum atomic E-state index is 12.9. The van der Waals surface area contributed by atoms with E-state index in [-0.39, 0.29) is 11.8 Å². The zero-order valence-electron chi connectivity index (χ0n) is 12.6. The second-order valence-electron chi connectivity index (χ2n) is 6.63. The molecule has 110 valence electrons. The molecule has 0 bridgehead atoms. The summed E-state index contributed by atoms with van der Waals surface area (Å²) in [5, 5.41) is 0. The fourth-order valence-corrected chi connectivity index (χ4v) is 4.01. The highest BCUT2D eigenvalue weighted by atomic mass is 16.3. The van der Waals surface area contributed by atoms with Gasteiger partial charge in [0.15, 0.2) is 12.1 Å². The zero-order chi connectivity index (χ0) is 14.3. The Bertz CT molecular complexity index is 494. The summed E-state index contributed by atoms with van der Waals surface area (Å²) < 4.78 is 5.42. The van der Waals surface area contributed by atoms with Crippen molar-refractivity contribution in [3.63, 3.8) is 0 Å². The molecule has 2 fully saturated rings. The van der Waals surface area contributed by atoms with Crippen molar-refractivity contribution in [1.29, 1.82) is 0 Å². The standard InChI is InChI=1S/C16H24N2O2/c1-10(2)15-14(17-9-20-15)16(19)18-11(3)8-12-6-4-5-7-13(12)18/h9-13H,4-8H2,1-3H3. The minimum Gasteiger partial charge on any atom is -0.447 e. The lowest BCUT2D eigenvalue weighted by Crippen LogP contribution is -2.42. The third kappa shape index (κ3) is 2.15. The number of rotatable bonds is 2. The van der Waals surface area contributed by atoms with Gasteiger partial charge in [-0.15, -0.1) is 0 Å². The van der Waals surface area contributed by atoms with Crippen LogP contribution in [-0.2, 0) is 0 Å². The predicted molar refractivity (Wildman–Crippen MR) is 76.6 cm³/mol. The molecule has 1 saturated carbocycles. The molecule has 3 unspecified atom stereocenters. The molecule has 2 heterocycles. The topological polar surface area (TPSA) is 46.3 Å². The first-order valence-corrected chi connectivity index (χ1v) is 7.85. The molecule has 4 heteroatoms. The van der Waals surface area contributed by atoms with Crippen molar-refractivity contribution in [2.24, 2.45) is 5.92 Å². The van der Waals surface area contributed by atoms with Gasteiger partial charge < -0.3 is 9.32 Å². The average molecular weight is 276 g/mol. The van der Waals surface area contributed by atoms with Crippen LogP contribution in [0.3, 0.4) is 0 Å². The fraction of sp³-hybridized carbons (Fsp3) is 0.750. The summed E-state index contributed by atoms with van der Waals surface area (Å²) in [7, 11) is 0. The molecule has 3 rings (SSSR count). The zero-order valence-corrected chi connectivity index (χ0v) is 12.6. The van der Waals surface area contributed by atoms with Gasteiger partial charge in [-0.25, -0.2) is 4.98 Å². The van der Waals surface area contributed by atoms with Crippen molar-refractivity contribution >= 4 is 5.91 Å². The molecule has 0 N–H and O–H groups in total. The highest BCUT2D eigenvalue weighted by molar-refractivity contribution is 5.94. The first-order valence-electron chi connectivity index (χ1n) is 7.85.